The second-order valence-corrected chi connectivity index (χ2v) is 10.2. The van der Waals surface area contributed by atoms with Gasteiger partial charge in [-0.1, -0.05) is 30.3 Å². The number of morpholine rings is 1. The van der Waals surface area contributed by atoms with Crippen LogP contribution >= 0.6 is 0 Å². The summed E-state index contributed by atoms with van der Waals surface area (Å²) in [6, 6.07) is 11.6. The minimum atomic E-state index is -0.651. The SMILES string of the molecule is CN(C)Cc1ccc2c(c1OCc1ccc(CN3CCOCC3)cc1)CN([C@H]1CCC(=O)NC1=O)C2=O. The van der Waals surface area contributed by atoms with Gasteiger partial charge in [0.05, 0.1) is 19.8 Å². The molecule has 2 fully saturated rings. The van der Waals surface area contributed by atoms with Gasteiger partial charge in [-0.2, -0.15) is 0 Å². The lowest BCUT2D eigenvalue weighted by atomic mass is 10.0. The van der Waals surface area contributed by atoms with Crippen molar-refractivity contribution in [3.63, 3.8) is 0 Å². The number of carbonyl (C=O) groups excluding carboxylic acids is 3. The van der Waals surface area contributed by atoms with Gasteiger partial charge in [-0.05, 0) is 37.7 Å². The number of nitrogens with one attached hydrogen (secondary N) is 1. The van der Waals surface area contributed by atoms with Crippen molar-refractivity contribution in [2.45, 2.75) is 45.1 Å². The molecule has 9 heteroatoms. The van der Waals surface area contributed by atoms with Crippen LogP contribution in [0.1, 0.15) is 45.5 Å². The van der Waals surface area contributed by atoms with Crippen LogP contribution < -0.4 is 10.1 Å². The van der Waals surface area contributed by atoms with E-state index in [9.17, 15) is 14.4 Å². The van der Waals surface area contributed by atoms with Gasteiger partial charge in [-0.15, -0.1) is 0 Å². The summed E-state index contributed by atoms with van der Waals surface area (Å²) in [6.07, 6.45) is 0.565. The van der Waals surface area contributed by atoms with Crippen LogP contribution in [0.15, 0.2) is 36.4 Å². The third kappa shape index (κ3) is 5.69. The molecule has 0 saturated carbocycles. The molecule has 3 aliphatic heterocycles. The van der Waals surface area contributed by atoms with Crippen molar-refractivity contribution < 1.29 is 23.9 Å². The highest BCUT2D eigenvalue weighted by Gasteiger charge is 2.40. The number of nitrogens with zero attached hydrogens (tertiary/aromatic N) is 3. The summed E-state index contributed by atoms with van der Waals surface area (Å²) in [6.45, 7) is 5.70. The number of hydrogen-bond donors (Lipinski definition) is 1. The second-order valence-electron chi connectivity index (χ2n) is 10.2. The summed E-state index contributed by atoms with van der Waals surface area (Å²) in [5, 5.41) is 2.36. The first-order valence-corrected chi connectivity index (χ1v) is 12.8. The van der Waals surface area contributed by atoms with Gasteiger partial charge >= 0.3 is 0 Å². The standard InChI is InChI=1S/C28H34N4O5/c1-30(2)16-21-7-8-22-23(17-32(28(22)35)24-9-10-25(33)29-27(24)34)26(21)37-18-20-5-3-19(4-6-20)15-31-11-13-36-14-12-31/h3-8,24H,9-18H2,1-2H3,(H,29,33,34)/t24-/m0/s1. The van der Waals surface area contributed by atoms with Crippen molar-refractivity contribution in [2.24, 2.45) is 0 Å². The molecule has 0 radical (unpaired) electrons. The molecule has 2 aromatic carbocycles. The van der Waals surface area contributed by atoms with Crippen LogP contribution in [-0.4, -0.2) is 78.9 Å². The molecule has 9 nitrogen and oxygen atoms in total. The van der Waals surface area contributed by atoms with E-state index in [4.69, 9.17) is 9.47 Å². The minimum Gasteiger partial charge on any atom is -0.488 e. The summed E-state index contributed by atoms with van der Waals surface area (Å²) < 4.78 is 11.8. The monoisotopic (exact) mass is 506 g/mol. The number of amides is 3. The lowest BCUT2D eigenvalue weighted by Gasteiger charge is -2.29. The van der Waals surface area contributed by atoms with Gasteiger partial charge in [0, 0.05) is 49.3 Å². The van der Waals surface area contributed by atoms with E-state index >= 15 is 0 Å². The number of imide groups is 1. The van der Waals surface area contributed by atoms with E-state index in [-0.39, 0.29) is 24.8 Å². The molecule has 0 aliphatic carbocycles. The normalized spacial score (nSPS) is 20.4. The number of rotatable bonds is 8. The van der Waals surface area contributed by atoms with E-state index in [2.05, 4.69) is 39.4 Å². The zero-order valence-corrected chi connectivity index (χ0v) is 21.5. The van der Waals surface area contributed by atoms with Crippen LogP contribution in [0.3, 0.4) is 0 Å². The molecule has 3 aliphatic rings. The van der Waals surface area contributed by atoms with Gasteiger partial charge in [0.2, 0.25) is 11.8 Å². The fraction of sp³-hybridized carbons (Fsp3) is 0.464. The molecule has 2 saturated heterocycles. The van der Waals surface area contributed by atoms with Crippen LogP contribution in [0, 0.1) is 0 Å². The third-order valence-electron chi connectivity index (χ3n) is 7.15. The Bertz CT molecular complexity index is 1170. The number of fused-ring (bicyclic) bond motifs is 1. The van der Waals surface area contributed by atoms with Crippen molar-refractivity contribution in [1.29, 1.82) is 0 Å². The lowest BCUT2D eigenvalue weighted by Crippen LogP contribution is -2.52. The van der Waals surface area contributed by atoms with Gasteiger partial charge in [-0.3, -0.25) is 24.6 Å². The topological polar surface area (TPSA) is 91.4 Å². The van der Waals surface area contributed by atoms with Gasteiger partial charge in [-0.25, -0.2) is 0 Å². The maximum absolute atomic E-state index is 13.3. The van der Waals surface area contributed by atoms with E-state index in [1.165, 1.54) is 5.56 Å². The highest BCUT2D eigenvalue weighted by Crippen LogP contribution is 2.37. The number of hydrogen-bond acceptors (Lipinski definition) is 7. The van der Waals surface area contributed by atoms with Crippen LogP contribution in [0.5, 0.6) is 5.75 Å². The Balaban J connectivity index is 1.33. The predicted molar refractivity (Wildman–Crippen MR) is 137 cm³/mol. The average Bonchev–Trinajstić information content (AvgIpc) is 3.20. The zero-order chi connectivity index (χ0) is 25.9. The Morgan fingerprint density at radius 3 is 2.46 bits per heavy atom. The van der Waals surface area contributed by atoms with E-state index in [1.807, 2.05) is 26.2 Å². The number of benzene rings is 2. The van der Waals surface area contributed by atoms with E-state index < -0.39 is 11.9 Å². The van der Waals surface area contributed by atoms with Gasteiger partial charge < -0.3 is 19.3 Å². The Morgan fingerprint density at radius 1 is 1.03 bits per heavy atom. The molecule has 0 aromatic heterocycles. The van der Waals surface area contributed by atoms with Gasteiger partial charge in [0.15, 0.2) is 0 Å². The molecule has 196 valence electrons. The molecule has 0 spiro atoms. The summed E-state index contributed by atoms with van der Waals surface area (Å²) in [5.41, 5.74) is 4.65. The molecule has 5 rings (SSSR count). The quantitative estimate of drug-likeness (QED) is 0.547. The summed E-state index contributed by atoms with van der Waals surface area (Å²) in [7, 11) is 3.98. The van der Waals surface area contributed by atoms with Crippen LogP contribution in [0.4, 0.5) is 0 Å². The first kappa shape index (κ1) is 25.4. The molecule has 0 bridgehead atoms. The molecule has 1 N–H and O–H groups in total. The third-order valence-corrected chi connectivity index (χ3v) is 7.15. The Morgan fingerprint density at radius 2 is 1.76 bits per heavy atom. The molecule has 0 unspecified atom stereocenters. The second kappa shape index (κ2) is 11.0. The summed E-state index contributed by atoms with van der Waals surface area (Å²) in [4.78, 5) is 43.4. The Labute approximate surface area is 217 Å². The molecule has 3 amide bonds. The molecule has 1 atom stereocenters. The molecular weight excluding hydrogens is 472 g/mol. The smallest absolute Gasteiger partial charge is 0.255 e. The lowest BCUT2D eigenvalue weighted by molar-refractivity contribution is -0.136. The molecule has 37 heavy (non-hydrogen) atoms. The van der Waals surface area contributed by atoms with Crippen molar-refractivity contribution in [1.82, 2.24) is 20.0 Å². The predicted octanol–water partition coefficient (Wildman–Crippen LogP) is 1.92. The molecule has 3 heterocycles. The number of ether oxygens (including phenoxy) is 2. The Kier molecular flexibility index (Phi) is 7.55. The van der Waals surface area contributed by atoms with Crippen molar-refractivity contribution in [3.05, 3.63) is 64.2 Å². The zero-order valence-electron chi connectivity index (χ0n) is 21.5. The van der Waals surface area contributed by atoms with E-state index in [1.54, 1.807) is 4.90 Å². The molecule has 2 aromatic rings. The first-order chi connectivity index (χ1) is 17.9. The summed E-state index contributed by atoms with van der Waals surface area (Å²) in [5.74, 6) is -0.200. The van der Waals surface area contributed by atoms with Crippen molar-refractivity contribution >= 4 is 17.7 Å². The first-order valence-electron chi connectivity index (χ1n) is 12.8. The van der Waals surface area contributed by atoms with Gasteiger partial charge in [0.1, 0.15) is 18.4 Å². The largest absolute Gasteiger partial charge is 0.488 e. The number of piperidine rings is 1. The van der Waals surface area contributed by atoms with Crippen molar-refractivity contribution in [2.75, 3.05) is 40.4 Å². The Hall–Kier alpha value is -3.27. The maximum Gasteiger partial charge on any atom is 0.255 e. The van der Waals surface area contributed by atoms with Crippen LogP contribution in [0.25, 0.3) is 0 Å². The van der Waals surface area contributed by atoms with Crippen molar-refractivity contribution in [3.8, 4) is 5.75 Å². The maximum atomic E-state index is 13.3. The molecular formula is C28H34N4O5. The fourth-order valence-corrected chi connectivity index (χ4v) is 5.22. The van der Waals surface area contributed by atoms with E-state index in [0.717, 1.165) is 49.5 Å². The van der Waals surface area contributed by atoms with Crippen LogP contribution in [-0.2, 0) is 40.6 Å². The van der Waals surface area contributed by atoms with Crippen LogP contribution in [0.2, 0.25) is 0 Å². The van der Waals surface area contributed by atoms with Gasteiger partial charge in [0.25, 0.3) is 5.91 Å². The number of carbonyl (C=O) groups is 3. The highest BCUT2D eigenvalue weighted by molar-refractivity contribution is 6.05. The van der Waals surface area contributed by atoms with E-state index in [0.29, 0.717) is 30.9 Å². The average molecular weight is 507 g/mol. The summed E-state index contributed by atoms with van der Waals surface area (Å²) >= 11 is 0. The fourth-order valence-electron chi connectivity index (χ4n) is 5.22. The highest BCUT2D eigenvalue weighted by atomic mass is 16.5. The minimum absolute atomic E-state index is 0.196.